The van der Waals surface area contributed by atoms with Crippen molar-refractivity contribution < 1.29 is 17.9 Å². The Balaban J connectivity index is 1.38. The minimum Gasteiger partial charge on any atom is -0.490 e. The van der Waals surface area contributed by atoms with Crippen LogP contribution < -0.4 is 10.4 Å². The minimum absolute atomic E-state index is 0.0103. The zero-order valence-corrected chi connectivity index (χ0v) is 16.6. The molecule has 2 aromatic heterocycles. The van der Waals surface area contributed by atoms with Crippen LogP contribution in [0.5, 0.6) is 5.75 Å². The van der Waals surface area contributed by atoms with Crippen molar-refractivity contribution in [3.05, 3.63) is 58.9 Å². The summed E-state index contributed by atoms with van der Waals surface area (Å²) < 4.78 is 47.2. The molecule has 1 aliphatic rings. The Labute approximate surface area is 171 Å². The Morgan fingerprint density at radius 1 is 1.20 bits per heavy atom. The first-order chi connectivity index (χ1) is 14.3. The van der Waals surface area contributed by atoms with Gasteiger partial charge in [-0.25, -0.2) is 9.78 Å². The van der Waals surface area contributed by atoms with Crippen LogP contribution in [0.1, 0.15) is 18.4 Å². The quantitative estimate of drug-likeness (QED) is 0.635. The summed E-state index contributed by atoms with van der Waals surface area (Å²) in [5.74, 6) is 0.620. The average Bonchev–Trinajstić information content (AvgIpc) is 3.09. The number of nitrogens with zero attached hydrogens (tertiary/aromatic N) is 4. The summed E-state index contributed by atoms with van der Waals surface area (Å²) in [4.78, 5) is 17.5. The van der Waals surface area contributed by atoms with E-state index >= 15 is 0 Å². The Morgan fingerprint density at radius 2 is 1.97 bits per heavy atom. The molecule has 0 atom stereocenters. The molecule has 0 amide bonds. The van der Waals surface area contributed by atoms with E-state index in [-0.39, 0.29) is 11.8 Å². The van der Waals surface area contributed by atoms with Crippen molar-refractivity contribution in [3.63, 3.8) is 0 Å². The lowest BCUT2D eigenvalue weighted by atomic mass is 10.1. The van der Waals surface area contributed by atoms with E-state index < -0.39 is 12.7 Å². The van der Waals surface area contributed by atoms with Crippen molar-refractivity contribution in [3.8, 4) is 5.75 Å². The topological polar surface area (TPSA) is 52.3 Å². The van der Waals surface area contributed by atoms with Crippen molar-refractivity contribution in [2.24, 2.45) is 7.05 Å². The monoisotopic (exact) mass is 420 g/mol. The molecule has 0 radical (unpaired) electrons. The van der Waals surface area contributed by atoms with Gasteiger partial charge in [-0.3, -0.25) is 4.90 Å². The Hall–Kier alpha value is -2.81. The van der Waals surface area contributed by atoms with Gasteiger partial charge in [-0.2, -0.15) is 13.2 Å². The average molecular weight is 420 g/mol. The van der Waals surface area contributed by atoms with Gasteiger partial charge in [-0.1, -0.05) is 6.07 Å². The molecule has 6 nitrogen and oxygen atoms in total. The third-order valence-electron chi connectivity index (χ3n) is 5.36. The van der Waals surface area contributed by atoms with Crippen LogP contribution in [-0.4, -0.2) is 44.4 Å². The number of aromatic nitrogens is 3. The molecule has 3 aromatic rings. The Bertz CT molecular complexity index is 1080. The van der Waals surface area contributed by atoms with Gasteiger partial charge < -0.3 is 13.9 Å². The number of fused-ring (bicyclic) bond motifs is 1. The van der Waals surface area contributed by atoms with Gasteiger partial charge >= 0.3 is 11.9 Å². The van der Waals surface area contributed by atoms with Gasteiger partial charge in [0.2, 0.25) is 0 Å². The van der Waals surface area contributed by atoms with Gasteiger partial charge in [0.1, 0.15) is 18.4 Å². The number of ether oxygens (including phenoxy) is 1. The van der Waals surface area contributed by atoms with Gasteiger partial charge in [-0.05, 0) is 31.0 Å². The molecule has 3 heterocycles. The van der Waals surface area contributed by atoms with Crippen molar-refractivity contribution in [2.45, 2.75) is 38.2 Å². The molecule has 9 heteroatoms. The standard InChI is InChI=1S/C21H23F3N4O2/c1-26-12-15(11-25-20(26)29)13-27-8-5-16(6-9-27)30-19-4-2-3-18-17(19)7-10-28(18)14-21(22,23)24/h2-4,7,10-12,16H,5-6,8-9,13-14H2,1H3. The molecule has 0 unspecified atom stereocenters. The van der Waals surface area contributed by atoms with Gasteiger partial charge in [-0.15, -0.1) is 0 Å². The normalized spacial score (nSPS) is 16.3. The zero-order chi connectivity index (χ0) is 21.3. The van der Waals surface area contributed by atoms with E-state index in [0.29, 0.717) is 23.2 Å². The summed E-state index contributed by atoms with van der Waals surface area (Å²) in [6, 6.07) is 6.89. The fourth-order valence-electron chi connectivity index (χ4n) is 3.90. The second-order valence-electron chi connectivity index (χ2n) is 7.70. The number of alkyl halides is 3. The fourth-order valence-corrected chi connectivity index (χ4v) is 3.90. The largest absolute Gasteiger partial charge is 0.490 e. The maximum Gasteiger partial charge on any atom is 0.406 e. The second kappa shape index (κ2) is 8.14. The third kappa shape index (κ3) is 4.67. The van der Waals surface area contributed by atoms with Crippen LogP contribution in [0.15, 0.2) is 47.7 Å². The number of hydrogen-bond acceptors (Lipinski definition) is 4. The van der Waals surface area contributed by atoms with Crippen molar-refractivity contribution in [2.75, 3.05) is 13.1 Å². The lowest BCUT2D eigenvalue weighted by Crippen LogP contribution is -2.38. The molecule has 0 aliphatic carbocycles. The predicted octanol–water partition coefficient (Wildman–Crippen LogP) is 3.34. The third-order valence-corrected chi connectivity index (χ3v) is 5.36. The maximum absolute atomic E-state index is 12.8. The summed E-state index contributed by atoms with van der Waals surface area (Å²) >= 11 is 0. The molecular formula is C21H23F3N4O2. The zero-order valence-electron chi connectivity index (χ0n) is 16.6. The number of aryl methyl sites for hydroxylation is 1. The minimum atomic E-state index is -4.27. The van der Waals surface area contributed by atoms with Crippen LogP contribution in [0.25, 0.3) is 10.9 Å². The Kier molecular flexibility index (Phi) is 5.55. The highest BCUT2D eigenvalue weighted by molar-refractivity contribution is 5.86. The van der Waals surface area contributed by atoms with Crippen molar-refractivity contribution in [1.82, 2.24) is 19.0 Å². The van der Waals surface area contributed by atoms with Crippen LogP contribution in [0.3, 0.4) is 0 Å². The van der Waals surface area contributed by atoms with Crippen LogP contribution in [0.4, 0.5) is 13.2 Å². The van der Waals surface area contributed by atoms with Crippen molar-refractivity contribution >= 4 is 10.9 Å². The summed E-state index contributed by atoms with van der Waals surface area (Å²) in [7, 11) is 1.68. The molecule has 0 N–H and O–H groups in total. The van der Waals surface area contributed by atoms with E-state index in [2.05, 4.69) is 9.88 Å². The number of hydrogen-bond donors (Lipinski definition) is 0. The molecule has 1 fully saturated rings. The maximum atomic E-state index is 12.8. The van der Waals surface area contributed by atoms with Gasteiger partial charge in [0.15, 0.2) is 0 Å². The van der Waals surface area contributed by atoms with E-state index in [4.69, 9.17) is 4.74 Å². The van der Waals surface area contributed by atoms with Crippen LogP contribution in [-0.2, 0) is 20.1 Å². The summed E-state index contributed by atoms with van der Waals surface area (Å²) in [6.07, 6.45) is 2.24. The molecule has 4 rings (SSSR count). The van der Waals surface area contributed by atoms with Crippen molar-refractivity contribution in [1.29, 1.82) is 0 Å². The van der Waals surface area contributed by atoms with Crippen LogP contribution >= 0.6 is 0 Å². The van der Waals surface area contributed by atoms with Crippen LogP contribution in [0, 0.1) is 0 Å². The molecule has 1 aliphatic heterocycles. The Morgan fingerprint density at radius 3 is 2.67 bits per heavy atom. The highest BCUT2D eigenvalue weighted by Crippen LogP contribution is 2.31. The summed E-state index contributed by atoms with van der Waals surface area (Å²) in [6.45, 7) is 1.36. The molecule has 1 saturated heterocycles. The first-order valence-electron chi connectivity index (χ1n) is 9.84. The van der Waals surface area contributed by atoms with E-state index in [9.17, 15) is 18.0 Å². The molecule has 160 valence electrons. The van der Waals surface area contributed by atoms with Gasteiger partial charge in [0, 0.05) is 56.2 Å². The molecule has 0 saturated carbocycles. The number of rotatable bonds is 5. The van der Waals surface area contributed by atoms with Gasteiger partial charge in [0.05, 0.1) is 5.52 Å². The predicted molar refractivity (Wildman–Crippen MR) is 106 cm³/mol. The lowest BCUT2D eigenvalue weighted by molar-refractivity contribution is -0.139. The fraction of sp³-hybridized carbons (Fsp3) is 0.429. The van der Waals surface area contributed by atoms with Crippen LogP contribution in [0.2, 0.25) is 0 Å². The van der Waals surface area contributed by atoms with Gasteiger partial charge in [0.25, 0.3) is 0 Å². The highest BCUT2D eigenvalue weighted by Gasteiger charge is 2.28. The SMILES string of the molecule is Cn1cc(CN2CCC(Oc3cccc4c3ccn4CC(F)(F)F)CC2)cnc1=O. The molecular weight excluding hydrogens is 397 g/mol. The lowest BCUT2D eigenvalue weighted by Gasteiger charge is -2.32. The van der Waals surface area contributed by atoms with E-state index in [1.165, 1.54) is 15.3 Å². The van der Waals surface area contributed by atoms with E-state index in [1.54, 1.807) is 37.6 Å². The first kappa shape index (κ1) is 20.5. The molecule has 30 heavy (non-hydrogen) atoms. The summed E-state index contributed by atoms with van der Waals surface area (Å²) in [5, 5.41) is 0.695. The number of halogens is 3. The molecule has 1 aromatic carbocycles. The van der Waals surface area contributed by atoms with E-state index in [0.717, 1.165) is 31.5 Å². The number of benzene rings is 1. The first-order valence-corrected chi connectivity index (χ1v) is 9.84. The summed E-state index contributed by atoms with van der Waals surface area (Å²) in [5.41, 5.74) is 1.22. The highest BCUT2D eigenvalue weighted by atomic mass is 19.4. The number of piperidine rings is 1. The molecule has 0 spiro atoms. The van der Waals surface area contributed by atoms with E-state index in [1.807, 2.05) is 6.07 Å². The second-order valence-corrected chi connectivity index (χ2v) is 7.70. The number of likely N-dealkylation sites (tertiary alicyclic amines) is 1. The smallest absolute Gasteiger partial charge is 0.406 e. The molecule has 0 bridgehead atoms.